The van der Waals surface area contributed by atoms with Crippen LogP contribution < -0.4 is 0 Å². The van der Waals surface area contributed by atoms with E-state index in [2.05, 4.69) is 193 Å². The molecule has 1 aliphatic heterocycles. The molecule has 246 valence electrons. The molecule has 0 bridgehead atoms. The van der Waals surface area contributed by atoms with Crippen LogP contribution in [-0.2, 0) is 5.41 Å². The van der Waals surface area contributed by atoms with Crippen molar-refractivity contribution in [1.29, 1.82) is 0 Å². The number of benzene rings is 9. The molecule has 0 fully saturated rings. The van der Waals surface area contributed by atoms with Crippen LogP contribution in [-0.4, -0.2) is 4.57 Å². The summed E-state index contributed by atoms with van der Waals surface area (Å²) < 4.78 is 2.54. The van der Waals surface area contributed by atoms with Crippen molar-refractivity contribution in [2.75, 3.05) is 0 Å². The molecular formula is C51H31NS. The molecule has 2 heterocycles. The average molecular weight is 690 g/mol. The first-order valence-electron chi connectivity index (χ1n) is 18.3. The molecule has 12 rings (SSSR count). The summed E-state index contributed by atoms with van der Waals surface area (Å²) >= 11 is 1.93. The van der Waals surface area contributed by atoms with Crippen LogP contribution in [0.4, 0.5) is 0 Å². The summed E-state index contributed by atoms with van der Waals surface area (Å²) in [5.41, 5.74) is 13.8. The second kappa shape index (κ2) is 10.8. The highest BCUT2D eigenvalue weighted by molar-refractivity contribution is 7.99. The second-order valence-electron chi connectivity index (χ2n) is 14.4. The zero-order valence-electron chi connectivity index (χ0n) is 28.8. The molecule has 1 aromatic heterocycles. The van der Waals surface area contributed by atoms with E-state index in [0.29, 0.717) is 0 Å². The van der Waals surface area contributed by atoms with Crippen molar-refractivity contribution in [3.63, 3.8) is 0 Å². The summed E-state index contributed by atoms with van der Waals surface area (Å²) in [6, 6.07) is 70.2. The maximum atomic E-state index is 2.54. The molecular weight excluding hydrogens is 659 g/mol. The van der Waals surface area contributed by atoms with Crippen LogP contribution >= 0.6 is 11.8 Å². The minimum Gasteiger partial charge on any atom is -0.308 e. The van der Waals surface area contributed by atoms with Crippen LogP contribution in [0.15, 0.2) is 198 Å². The lowest BCUT2D eigenvalue weighted by Gasteiger charge is -2.40. The minimum absolute atomic E-state index is 0.429. The molecule has 2 aliphatic rings. The van der Waals surface area contributed by atoms with Crippen LogP contribution in [0.2, 0.25) is 0 Å². The Balaban J connectivity index is 1.18. The van der Waals surface area contributed by atoms with E-state index in [-0.39, 0.29) is 0 Å². The molecule has 0 atom stereocenters. The molecule has 0 amide bonds. The number of rotatable bonds is 2. The van der Waals surface area contributed by atoms with E-state index >= 15 is 0 Å². The number of fused-ring (bicyclic) bond motifs is 16. The van der Waals surface area contributed by atoms with E-state index in [1.54, 1.807) is 0 Å². The normalized spacial score (nSPS) is 13.7. The molecule has 2 heteroatoms. The summed E-state index contributed by atoms with van der Waals surface area (Å²) in [5, 5.41) is 7.66. The van der Waals surface area contributed by atoms with Gasteiger partial charge in [-0.25, -0.2) is 0 Å². The molecule has 9 aromatic carbocycles. The predicted octanol–water partition coefficient (Wildman–Crippen LogP) is 13.6. The second-order valence-corrected chi connectivity index (χ2v) is 15.5. The van der Waals surface area contributed by atoms with Crippen LogP contribution in [0.5, 0.6) is 0 Å². The lowest BCUT2D eigenvalue weighted by Crippen LogP contribution is -2.32. The maximum absolute atomic E-state index is 2.54. The van der Waals surface area contributed by atoms with Gasteiger partial charge in [0.2, 0.25) is 0 Å². The summed E-state index contributed by atoms with van der Waals surface area (Å²) in [6.45, 7) is 0. The van der Waals surface area contributed by atoms with Gasteiger partial charge < -0.3 is 4.57 Å². The third-order valence-corrected chi connectivity index (χ3v) is 13.0. The molecule has 1 spiro atoms. The third kappa shape index (κ3) is 3.88. The standard InChI is InChI=1S/C51H31NS/c1-2-13-35-31-36(22-21-32(35)11-1)33-23-26-37(27-24-33)52-46-30-25-34-12-3-4-14-38(34)48(46)41-28-29-45-50(49(41)52)53-47-20-10-9-19-44(47)51(45)42-17-7-5-15-39(42)40-16-6-8-18-43(40)51/h1-31H. The topological polar surface area (TPSA) is 4.93 Å². The van der Waals surface area contributed by atoms with Crippen molar-refractivity contribution < 1.29 is 0 Å². The van der Waals surface area contributed by atoms with E-state index < -0.39 is 5.41 Å². The van der Waals surface area contributed by atoms with Crippen LogP contribution in [0.1, 0.15) is 22.3 Å². The van der Waals surface area contributed by atoms with Crippen molar-refractivity contribution in [3.8, 4) is 27.9 Å². The Hall–Kier alpha value is -6.35. The smallest absolute Gasteiger partial charge is 0.0736 e. The van der Waals surface area contributed by atoms with E-state index in [1.165, 1.54) is 103 Å². The Morgan fingerprint density at radius 2 is 1.04 bits per heavy atom. The quantitative estimate of drug-likeness (QED) is 0.175. The Morgan fingerprint density at radius 3 is 1.83 bits per heavy atom. The van der Waals surface area contributed by atoms with Gasteiger partial charge in [-0.2, -0.15) is 0 Å². The molecule has 0 saturated heterocycles. The van der Waals surface area contributed by atoms with Crippen molar-refractivity contribution in [2.45, 2.75) is 15.2 Å². The lowest BCUT2D eigenvalue weighted by molar-refractivity contribution is 0.724. The van der Waals surface area contributed by atoms with Gasteiger partial charge in [-0.15, -0.1) is 0 Å². The summed E-state index contributed by atoms with van der Waals surface area (Å²) in [5.74, 6) is 0. The first-order chi connectivity index (χ1) is 26.3. The monoisotopic (exact) mass is 689 g/mol. The highest BCUT2D eigenvalue weighted by atomic mass is 32.2. The summed E-state index contributed by atoms with van der Waals surface area (Å²) in [6.07, 6.45) is 0. The number of nitrogens with zero attached hydrogens (tertiary/aromatic N) is 1. The Bertz CT molecular complexity index is 3100. The van der Waals surface area contributed by atoms with Gasteiger partial charge in [0, 0.05) is 26.3 Å². The van der Waals surface area contributed by atoms with E-state index in [9.17, 15) is 0 Å². The fourth-order valence-electron chi connectivity index (χ4n) is 9.62. The van der Waals surface area contributed by atoms with E-state index in [0.717, 1.165) is 0 Å². The SMILES string of the molecule is c1ccc2c(c1)Sc1c(ccc3c4c5ccccc5ccc4n(-c4ccc(-c5ccc6ccccc6c5)cc4)c13)C21c2ccccc2-c2ccccc21. The number of aromatic nitrogens is 1. The third-order valence-electron chi connectivity index (χ3n) is 11.8. The van der Waals surface area contributed by atoms with E-state index in [4.69, 9.17) is 0 Å². The fraction of sp³-hybridized carbons (Fsp3) is 0.0196. The van der Waals surface area contributed by atoms with Gasteiger partial charge >= 0.3 is 0 Å². The highest BCUT2D eigenvalue weighted by Crippen LogP contribution is 2.63. The number of hydrogen-bond acceptors (Lipinski definition) is 1. The van der Waals surface area contributed by atoms with Gasteiger partial charge in [-0.05, 0) is 96.4 Å². The molecule has 0 saturated carbocycles. The highest BCUT2D eigenvalue weighted by Gasteiger charge is 2.50. The largest absolute Gasteiger partial charge is 0.308 e. The summed E-state index contributed by atoms with van der Waals surface area (Å²) in [7, 11) is 0. The van der Waals surface area contributed by atoms with Crippen LogP contribution in [0, 0.1) is 0 Å². The van der Waals surface area contributed by atoms with Crippen molar-refractivity contribution in [1.82, 2.24) is 4.57 Å². The molecule has 1 nitrogen and oxygen atoms in total. The minimum atomic E-state index is -0.429. The van der Waals surface area contributed by atoms with Gasteiger partial charge in [-0.3, -0.25) is 0 Å². The van der Waals surface area contributed by atoms with Crippen molar-refractivity contribution in [2.24, 2.45) is 0 Å². The zero-order chi connectivity index (χ0) is 34.7. The first kappa shape index (κ1) is 29.3. The predicted molar refractivity (Wildman–Crippen MR) is 223 cm³/mol. The molecule has 0 radical (unpaired) electrons. The molecule has 1 aliphatic carbocycles. The molecule has 10 aromatic rings. The Kier molecular flexibility index (Phi) is 5.98. The van der Waals surface area contributed by atoms with E-state index in [1.807, 2.05) is 11.8 Å². The molecule has 0 unspecified atom stereocenters. The number of hydrogen-bond donors (Lipinski definition) is 0. The molecule has 0 N–H and O–H groups in total. The first-order valence-corrected chi connectivity index (χ1v) is 19.2. The maximum Gasteiger partial charge on any atom is 0.0736 e. The van der Waals surface area contributed by atoms with Gasteiger partial charge in [0.1, 0.15) is 0 Å². The van der Waals surface area contributed by atoms with Gasteiger partial charge in [0.05, 0.1) is 16.4 Å². The van der Waals surface area contributed by atoms with Crippen LogP contribution in [0.3, 0.4) is 0 Å². The zero-order valence-corrected chi connectivity index (χ0v) is 29.6. The van der Waals surface area contributed by atoms with Gasteiger partial charge in [0.25, 0.3) is 0 Å². The van der Waals surface area contributed by atoms with Crippen molar-refractivity contribution in [3.05, 3.63) is 210 Å². The fourth-order valence-corrected chi connectivity index (χ4v) is 10.9. The molecule has 53 heavy (non-hydrogen) atoms. The van der Waals surface area contributed by atoms with Gasteiger partial charge in [0.15, 0.2) is 0 Å². The van der Waals surface area contributed by atoms with Gasteiger partial charge in [-0.1, -0.05) is 169 Å². The Labute approximate surface area is 311 Å². The Morgan fingerprint density at radius 1 is 0.415 bits per heavy atom. The van der Waals surface area contributed by atoms with Crippen LogP contribution in [0.25, 0.3) is 71.3 Å². The van der Waals surface area contributed by atoms with Crippen molar-refractivity contribution >= 4 is 55.1 Å². The summed E-state index contributed by atoms with van der Waals surface area (Å²) in [4.78, 5) is 2.64. The lowest BCUT2D eigenvalue weighted by atomic mass is 9.67. The average Bonchev–Trinajstić information content (AvgIpc) is 3.73.